The van der Waals surface area contributed by atoms with Crippen LogP contribution >= 0.6 is 11.7 Å². The average Bonchev–Trinajstić information content (AvgIpc) is 3.45. The zero-order valence-electron chi connectivity index (χ0n) is 18.6. The molecule has 1 aromatic heterocycles. The number of sulfonamides is 1. The van der Waals surface area contributed by atoms with Crippen molar-refractivity contribution in [1.82, 2.24) is 13.5 Å². The van der Waals surface area contributed by atoms with Crippen molar-refractivity contribution < 1.29 is 17.9 Å². The van der Waals surface area contributed by atoms with Crippen LogP contribution in [0.4, 0.5) is 5.69 Å². The highest BCUT2D eigenvalue weighted by atomic mass is 32.2. The van der Waals surface area contributed by atoms with Gasteiger partial charge in [0.15, 0.2) is 0 Å². The van der Waals surface area contributed by atoms with Crippen LogP contribution in [0.15, 0.2) is 65.6 Å². The first-order valence-electron chi connectivity index (χ1n) is 10.7. The number of aromatic nitrogens is 2. The van der Waals surface area contributed by atoms with E-state index in [-0.39, 0.29) is 23.4 Å². The number of carbonyl (C=O) groups is 1. The Morgan fingerprint density at radius 1 is 1.15 bits per heavy atom. The number of nitrogens with zero attached hydrogens (tertiary/aromatic N) is 3. The topological polar surface area (TPSA) is 101 Å². The van der Waals surface area contributed by atoms with Crippen LogP contribution in [0.25, 0.3) is 11.0 Å². The third kappa shape index (κ3) is 4.04. The molecule has 0 radical (unpaired) electrons. The summed E-state index contributed by atoms with van der Waals surface area (Å²) in [5.74, 6) is 0.583. The fourth-order valence-corrected chi connectivity index (χ4v) is 5.98. The molecular weight excluding hydrogens is 472 g/mol. The number of anilines is 1. The first kappa shape index (κ1) is 22.5. The van der Waals surface area contributed by atoms with Crippen LogP contribution < -0.4 is 14.4 Å². The lowest BCUT2D eigenvalue weighted by Gasteiger charge is -2.23. The van der Waals surface area contributed by atoms with E-state index in [1.807, 2.05) is 25.1 Å². The van der Waals surface area contributed by atoms with Crippen molar-refractivity contribution in [2.45, 2.75) is 30.8 Å². The van der Waals surface area contributed by atoms with E-state index in [9.17, 15) is 13.2 Å². The van der Waals surface area contributed by atoms with Gasteiger partial charge >= 0.3 is 0 Å². The van der Waals surface area contributed by atoms with Gasteiger partial charge in [-0.25, -0.2) is 13.1 Å². The maximum atomic E-state index is 13.3. The van der Waals surface area contributed by atoms with Crippen LogP contribution in [0.3, 0.4) is 0 Å². The van der Waals surface area contributed by atoms with E-state index in [2.05, 4.69) is 13.5 Å². The van der Waals surface area contributed by atoms with Gasteiger partial charge in [0, 0.05) is 23.8 Å². The minimum absolute atomic E-state index is 0.00804. The minimum atomic E-state index is -3.80. The number of carbonyl (C=O) groups excluding carboxylic acids is 1. The molecule has 1 aliphatic rings. The van der Waals surface area contributed by atoms with Crippen molar-refractivity contribution in [3.05, 3.63) is 77.4 Å². The zero-order chi connectivity index (χ0) is 23.9. The highest BCUT2D eigenvalue weighted by Crippen LogP contribution is 2.34. The summed E-state index contributed by atoms with van der Waals surface area (Å²) in [7, 11) is -2.21. The molecule has 8 nitrogen and oxygen atoms in total. The van der Waals surface area contributed by atoms with Gasteiger partial charge in [0.2, 0.25) is 10.0 Å². The van der Waals surface area contributed by atoms with Gasteiger partial charge < -0.3 is 9.64 Å². The van der Waals surface area contributed by atoms with Gasteiger partial charge in [-0.15, -0.1) is 0 Å². The van der Waals surface area contributed by atoms with Crippen LogP contribution in [0, 0.1) is 0 Å². The number of fused-ring (bicyclic) bond motifs is 2. The number of methoxy groups -OCH3 is 1. The molecule has 2 heterocycles. The van der Waals surface area contributed by atoms with Crippen LogP contribution in [0.1, 0.15) is 28.4 Å². The maximum Gasteiger partial charge on any atom is 0.258 e. The Balaban J connectivity index is 1.39. The van der Waals surface area contributed by atoms with Crippen molar-refractivity contribution in [3.8, 4) is 5.75 Å². The van der Waals surface area contributed by atoms with E-state index < -0.39 is 10.0 Å². The molecule has 0 aliphatic carbocycles. The summed E-state index contributed by atoms with van der Waals surface area (Å²) in [5.41, 5.74) is 4.09. The Bertz CT molecular complexity index is 1480. The fraction of sp³-hybridized carbons (Fsp3) is 0.208. The Kier molecular flexibility index (Phi) is 5.80. The Labute approximate surface area is 201 Å². The predicted octanol–water partition coefficient (Wildman–Crippen LogP) is 3.77. The van der Waals surface area contributed by atoms with E-state index >= 15 is 0 Å². The van der Waals surface area contributed by atoms with Crippen molar-refractivity contribution in [2.75, 3.05) is 12.0 Å². The second-order valence-electron chi connectivity index (χ2n) is 8.13. The Hall–Kier alpha value is -3.34. The first-order valence-corrected chi connectivity index (χ1v) is 12.9. The van der Waals surface area contributed by atoms with Gasteiger partial charge in [-0.2, -0.15) is 8.75 Å². The smallest absolute Gasteiger partial charge is 0.258 e. The molecule has 5 rings (SSSR count). The molecule has 10 heteroatoms. The summed E-state index contributed by atoms with van der Waals surface area (Å²) in [6.07, 6.45) is 0.738. The lowest BCUT2D eigenvalue weighted by molar-refractivity contribution is 0.0981. The number of rotatable bonds is 6. The van der Waals surface area contributed by atoms with Gasteiger partial charge in [0.1, 0.15) is 21.7 Å². The predicted molar refractivity (Wildman–Crippen MR) is 131 cm³/mol. The van der Waals surface area contributed by atoms with E-state index in [1.54, 1.807) is 48.4 Å². The van der Waals surface area contributed by atoms with Gasteiger partial charge in [0.25, 0.3) is 5.91 Å². The normalized spacial score (nSPS) is 15.5. The molecule has 4 aromatic rings. The third-order valence-corrected chi connectivity index (χ3v) is 7.90. The molecule has 1 amide bonds. The van der Waals surface area contributed by atoms with Gasteiger partial charge in [-0.3, -0.25) is 4.79 Å². The molecule has 0 spiro atoms. The number of nitrogens with one attached hydrogen (secondary N) is 1. The Morgan fingerprint density at radius 3 is 2.71 bits per heavy atom. The molecule has 0 saturated carbocycles. The number of hydrogen-bond donors (Lipinski definition) is 1. The van der Waals surface area contributed by atoms with Crippen LogP contribution in [0.5, 0.6) is 5.75 Å². The SMILES string of the molecule is COc1ccc(C(=O)N2c3cc(CNS(=O)(=O)c4cccc5nsnc45)ccc3C[C@H]2C)cc1. The number of benzene rings is 3. The highest BCUT2D eigenvalue weighted by Gasteiger charge is 2.32. The average molecular weight is 495 g/mol. The summed E-state index contributed by atoms with van der Waals surface area (Å²) in [5, 5.41) is 0. The molecule has 1 N–H and O–H groups in total. The lowest BCUT2D eigenvalue weighted by atomic mass is 10.1. The number of amides is 1. The largest absolute Gasteiger partial charge is 0.497 e. The third-order valence-electron chi connectivity index (χ3n) is 5.93. The lowest BCUT2D eigenvalue weighted by Crippen LogP contribution is -2.35. The maximum absolute atomic E-state index is 13.3. The molecule has 3 aromatic carbocycles. The quantitative estimate of drug-likeness (QED) is 0.438. The van der Waals surface area contributed by atoms with E-state index in [0.717, 1.165) is 35.0 Å². The molecular formula is C24H22N4O4S2. The van der Waals surface area contributed by atoms with E-state index in [0.29, 0.717) is 22.3 Å². The summed E-state index contributed by atoms with van der Waals surface area (Å²) >= 11 is 0.978. The summed E-state index contributed by atoms with van der Waals surface area (Å²) in [6, 6.07) is 17.6. The van der Waals surface area contributed by atoms with Crippen molar-refractivity contribution in [1.29, 1.82) is 0 Å². The van der Waals surface area contributed by atoms with Crippen molar-refractivity contribution in [2.24, 2.45) is 0 Å². The minimum Gasteiger partial charge on any atom is -0.497 e. The molecule has 0 bridgehead atoms. The second-order valence-corrected chi connectivity index (χ2v) is 10.4. The zero-order valence-corrected chi connectivity index (χ0v) is 20.2. The molecule has 1 aliphatic heterocycles. The molecule has 0 saturated heterocycles. The van der Waals surface area contributed by atoms with E-state index in [1.165, 1.54) is 6.07 Å². The van der Waals surface area contributed by atoms with Crippen LogP contribution in [-0.4, -0.2) is 36.2 Å². The van der Waals surface area contributed by atoms with Crippen molar-refractivity contribution >= 4 is 44.4 Å². The van der Waals surface area contributed by atoms with Crippen LogP contribution in [0.2, 0.25) is 0 Å². The van der Waals surface area contributed by atoms with E-state index in [4.69, 9.17) is 4.74 Å². The standard InChI is InChI=1S/C24H22N4O4S2/c1-15-12-18-7-6-16(13-21(18)28(15)24(29)17-8-10-19(32-2)11-9-17)14-25-34(30,31)22-5-3-4-20-23(22)27-33-26-20/h3-11,13,15,25H,12,14H2,1-2H3/t15-/m1/s1. The highest BCUT2D eigenvalue weighted by molar-refractivity contribution is 7.89. The molecule has 1 atom stereocenters. The van der Waals surface area contributed by atoms with Gasteiger partial charge in [-0.05, 0) is 66.9 Å². The molecule has 0 unspecified atom stereocenters. The molecule has 174 valence electrons. The van der Waals surface area contributed by atoms with Crippen molar-refractivity contribution in [3.63, 3.8) is 0 Å². The number of hydrogen-bond acceptors (Lipinski definition) is 7. The van der Waals surface area contributed by atoms with Gasteiger partial charge in [-0.1, -0.05) is 18.2 Å². The van der Waals surface area contributed by atoms with Crippen LogP contribution in [-0.2, 0) is 23.0 Å². The number of ether oxygens (including phenoxy) is 1. The molecule has 0 fully saturated rings. The summed E-state index contributed by atoms with van der Waals surface area (Å²) in [4.78, 5) is 15.2. The summed E-state index contributed by atoms with van der Waals surface area (Å²) in [6.45, 7) is 2.09. The Morgan fingerprint density at radius 2 is 1.94 bits per heavy atom. The summed E-state index contributed by atoms with van der Waals surface area (Å²) < 4.78 is 42.0. The van der Waals surface area contributed by atoms with Gasteiger partial charge in [0.05, 0.1) is 18.8 Å². The fourth-order valence-electron chi connectivity index (χ4n) is 4.20. The first-order chi connectivity index (χ1) is 16.4. The second kappa shape index (κ2) is 8.79. The monoisotopic (exact) mass is 494 g/mol. The molecule has 34 heavy (non-hydrogen) atoms.